The first-order valence-corrected chi connectivity index (χ1v) is 6.62. The summed E-state index contributed by atoms with van der Waals surface area (Å²) in [7, 11) is 0. The van der Waals surface area contributed by atoms with Gasteiger partial charge in [0.1, 0.15) is 5.75 Å². The van der Waals surface area contributed by atoms with Gasteiger partial charge in [0.25, 0.3) is 0 Å². The third-order valence-corrected chi connectivity index (χ3v) is 3.04. The van der Waals surface area contributed by atoms with Crippen LogP contribution in [0.2, 0.25) is 5.02 Å². The van der Waals surface area contributed by atoms with Gasteiger partial charge in [-0.25, -0.2) is 0 Å². The van der Waals surface area contributed by atoms with Gasteiger partial charge in [0.15, 0.2) is 0 Å². The van der Waals surface area contributed by atoms with E-state index in [1.807, 2.05) is 43.3 Å². The number of nitrogens with zero attached hydrogens (tertiary/aromatic N) is 1. The second kappa shape index (κ2) is 6.55. The Bertz CT molecular complexity index is 529. The SMILES string of the molecule is C[C@@H](N)c1cc(Cl)ccc1OCCc1ccccn1. The summed E-state index contributed by atoms with van der Waals surface area (Å²) in [5.41, 5.74) is 7.85. The second-order valence-corrected chi connectivity index (χ2v) is 4.83. The zero-order valence-electron chi connectivity index (χ0n) is 10.8. The first kappa shape index (κ1) is 13.8. The number of halogens is 1. The van der Waals surface area contributed by atoms with E-state index in [0.29, 0.717) is 11.6 Å². The maximum atomic E-state index is 5.97. The van der Waals surface area contributed by atoms with Gasteiger partial charge in [-0.15, -0.1) is 0 Å². The molecular formula is C15H17ClN2O. The van der Waals surface area contributed by atoms with Crippen molar-refractivity contribution in [3.05, 3.63) is 58.9 Å². The van der Waals surface area contributed by atoms with E-state index in [0.717, 1.165) is 23.4 Å². The predicted octanol–water partition coefficient (Wildman–Crippen LogP) is 3.38. The van der Waals surface area contributed by atoms with Crippen molar-refractivity contribution < 1.29 is 4.74 Å². The Hall–Kier alpha value is -1.58. The average Bonchev–Trinajstić information content (AvgIpc) is 2.41. The Kier molecular flexibility index (Phi) is 4.77. The van der Waals surface area contributed by atoms with Gasteiger partial charge in [-0.1, -0.05) is 17.7 Å². The van der Waals surface area contributed by atoms with Crippen LogP contribution in [0.4, 0.5) is 0 Å². The summed E-state index contributed by atoms with van der Waals surface area (Å²) >= 11 is 5.97. The van der Waals surface area contributed by atoms with E-state index in [1.165, 1.54) is 0 Å². The molecule has 0 radical (unpaired) electrons. The van der Waals surface area contributed by atoms with E-state index in [9.17, 15) is 0 Å². The van der Waals surface area contributed by atoms with Crippen LogP contribution in [-0.4, -0.2) is 11.6 Å². The molecule has 0 aliphatic carbocycles. The van der Waals surface area contributed by atoms with E-state index >= 15 is 0 Å². The minimum absolute atomic E-state index is 0.108. The Balaban J connectivity index is 2.00. The standard InChI is InChI=1S/C15H17ClN2O/c1-11(17)14-10-12(16)5-6-15(14)19-9-7-13-4-2-3-8-18-13/h2-6,8,10-11H,7,9,17H2,1H3/t11-/m1/s1. The molecule has 1 aromatic heterocycles. The van der Waals surface area contributed by atoms with Crippen molar-refractivity contribution in [1.82, 2.24) is 4.98 Å². The molecule has 0 bridgehead atoms. The van der Waals surface area contributed by atoms with Crippen molar-refractivity contribution in [3.8, 4) is 5.75 Å². The van der Waals surface area contributed by atoms with Crippen molar-refractivity contribution in [1.29, 1.82) is 0 Å². The van der Waals surface area contributed by atoms with Crippen LogP contribution in [0.3, 0.4) is 0 Å². The Morgan fingerprint density at radius 1 is 1.32 bits per heavy atom. The zero-order valence-corrected chi connectivity index (χ0v) is 11.6. The average molecular weight is 277 g/mol. The van der Waals surface area contributed by atoms with Gasteiger partial charge in [-0.05, 0) is 37.3 Å². The van der Waals surface area contributed by atoms with Crippen molar-refractivity contribution in [3.63, 3.8) is 0 Å². The molecule has 3 nitrogen and oxygen atoms in total. The highest BCUT2D eigenvalue weighted by molar-refractivity contribution is 6.30. The van der Waals surface area contributed by atoms with Crippen LogP contribution in [0.25, 0.3) is 0 Å². The highest BCUT2D eigenvalue weighted by Gasteiger charge is 2.09. The summed E-state index contributed by atoms with van der Waals surface area (Å²) in [4.78, 5) is 4.26. The molecule has 2 rings (SSSR count). The van der Waals surface area contributed by atoms with E-state index in [1.54, 1.807) is 6.20 Å². The second-order valence-electron chi connectivity index (χ2n) is 4.39. The number of pyridine rings is 1. The van der Waals surface area contributed by atoms with Gasteiger partial charge < -0.3 is 10.5 Å². The molecule has 0 fully saturated rings. The zero-order chi connectivity index (χ0) is 13.7. The van der Waals surface area contributed by atoms with Gasteiger partial charge in [0, 0.05) is 34.9 Å². The van der Waals surface area contributed by atoms with Crippen molar-refractivity contribution in [2.24, 2.45) is 5.73 Å². The molecule has 0 amide bonds. The maximum Gasteiger partial charge on any atom is 0.124 e. The Labute approximate surface area is 118 Å². The quantitative estimate of drug-likeness (QED) is 0.911. The highest BCUT2D eigenvalue weighted by Crippen LogP contribution is 2.27. The smallest absolute Gasteiger partial charge is 0.124 e. The third kappa shape index (κ3) is 3.94. The summed E-state index contributed by atoms with van der Waals surface area (Å²) in [5.74, 6) is 0.787. The molecule has 100 valence electrons. The first-order chi connectivity index (χ1) is 9.16. The fraction of sp³-hybridized carbons (Fsp3) is 0.267. The number of hydrogen-bond donors (Lipinski definition) is 1. The van der Waals surface area contributed by atoms with Crippen LogP contribution < -0.4 is 10.5 Å². The van der Waals surface area contributed by atoms with E-state index in [4.69, 9.17) is 22.1 Å². The molecule has 0 unspecified atom stereocenters. The molecule has 0 spiro atoms. The van der Waals surface area contributed by atoms with Crippen LogP contribution in [0.5, 0.6) is 5.75 Å². The predicted molar refractivity (Wildman–Crippen MR) is 77.5 cm³/mol. The minimum atomic E-state index is -0.108. The number of ether oxygens (including phenoxy) is 1. The lowest BCUT2D eigenvalue weighted by molar-refractivity contribution is 0.315. The van der Waals surface area contributed by atoms with Crippen molar-refractivity contribution in [2.45, 2.75) is 19.4 Å². The molecule has 0 saturated heterocycles. The number of aromatic nitrogens is 1. The number of benzene rings is 1. The molecule has 0 aliphatic heterocycles. The monoisotopic (exact) mass is 276 g/mol. The summed E-state index contributed by atoms with van der Waals surface area (Å²) < 4.78 is 5.78. The van der Waals surface area contributed by atoms with Gasteiger partial charge in [0.05, 0.1) is 6.61 Å². The van der Waals surface area contributed by atoms with E-state index in [2.05, 4.69) is 4.98 Å². The Morgan fingerprint density at radius 3 is 2.84 bits per heavy atom. The molecule has 1 heterocycles. The number of rotatable bonds is 5. The number of nitrogens with two attached hydrogens (primary N) is 1. The normalized spacial score (nSPS) is 12.2. The van der Waals surface area contributed by atoms with Gasteiger partial charge in [-0.2, -0.15) is 0 Å². The van der Waals surface area contributed by atoms with Crippen LogP contribution >= 0.6 is 11.6 Å². The fourth-order valence-corrected chi connectivity index (χ4v) is 2.00. The molecule has 1 aromatic carbocycles. The third-order valence-electron chi connectivity index (χ3n) is 2.80. The Morgan fingerprint density at radius 2 is 2.16 bits per heavy atom. The maximum absolute atomic E-state index is 5.97. The van der Waals surface area contributed by atoms with Gasteiger partial charge in [-0.3, -0.25) is 4.98 Å². The molecule has 2 N–H and O–H groups in total. The summed E-state index contributed by atoms with van der Waals surface area (Å²) in [6, 6.07) is 11.3. The molecule has 2 aromatic rings. The molecule has 0 aliphatic rings. The molecule has 0 saturated carbocycles. The molecule has 4 heteroatoms. The molecular weight excluding hydrogens is 260 g/mol. The van der Waals surface area contributed by atoms with Crippen LogP contribution in [0.15, 0.2) is 42.6 Å². The van der Waals surface area contributed by atoms with Crippen LogP contribution in [0, 0.1) is 0 Å². The minimum Gasteiger partial charge on any atom is -0.493 e. The lowest BCUT2D eigenvalue weighted by Gasteiger charge is -2.14. The topological polar surface area (TPSA) is 48.1 Å². The lowest BCUT2D eigenvalue weighted by Crippen LogP contribution is -2.10. The van der Waals surface area contributed by atoms with Crippen molar-refractivity contribution >= 4 is 11.6 Å². The molecule has 19 heavy (non-hydrogen) atoms. The van der Waals surface area contributed by atoms with Crippen LogP contribution in [0.1, 0.15) is 24.2 Å². The van der Waals surface area contributed by atoms with Crippen molar-refractivity contribution in [2.75, 3.05) is 6.61 Å². The van der Waals surface area contributed by atoms with Crippen LogP contribution in [-0.2, 0) is 6.42 Å². The number of hydrogen-bond acceptors (Lipinski definition) is 3. The summed E-state index contributed by atoms with van der Waals surface area (Å²) in [5, 5.41) is 0.671. The summed E-state index contributed by atoms with van der Waals surface area (Å²) in [6.45, 7) is 2.48. The van der Waals surface area contributed by atoms with Gasteiger partial charge >= 0.3 is 0 Å². The highest BCUT2D eigenvalue weighted by atomic mass is 35.5. The lowest BCUT2D eigenvalue weighted by atomic mass is 10.1. The summed E-state index contributed by atoms with van der Waals surface area (Å²) in [6.07, 6.45) is 2.55. The molecule has 1 atom stereocenters. The fourth-order valence-electron chi connectivity index (χ4n) is 1.82. The van der Waals surface area contributed by atoms with Gasteiger partial charge in [0.2, 0.25) is 0 Å². The van der Waals surface area contributed by atoms with E-state index in [-0.39, 0.29) is 6.04 Å². The first-order valence-electron chi connectivity index (χ1n) is 6.24. The van der Waals surface area contributed by atoms with E-state index < -0.39 is 0 Å². The largest absolute Gasteiger partial charge is 0.493 e.